The Hall–Kier alpha value is -1.82. The fourth-order valence-corrected chi connectivity index (χ4v) is 2.25. The van der Waals surface area contributed by atoms with Crippen LogP contribution in [0.25, 0.3) is 16.3 Å². The van der Waals surface area contributed by atoms with Crippen LogP contribution in [0.4, 0.5) is 0 Å². The summed E-state index contributed by atoms with van der Waals surface area (Å²) in [6.45, 7) is 2.08. The van der Waals surface area contributed by atoms with E-state index in [4.69, 9.17) is 0 Å². The zero-order chi connectivity index (χ0) is 11.0. The van der Waals surface area contributed by atoms with Gasteiger partial charge in [-0.25, -0.2) is 0 Å². The average Bonchev–Trinajstić information content (AvgIpc) is 2.88. The van der Waals surface area contributed by atoms with E-state index >= 15 is 0 Å². The number of nitrogens with zero attached hydrogens (tertiary/aromatic N) is 5. The van der Waals surface area contributed by atoms with Gasteiger partial charge in [-0.15, -0.1) is 10.2 Å². The van der Waals surface area contributed by atoms with Crippen molar-refractivity contribution >= 4 is 16.3 Å². The Kier molecular flexibility index (Phi) is 2.14. The van der Waals surface area contributed by atoms with E-state index < -0.39 is 0 Å². The molecule has 0 saturated heterocycles. The molecule has 5 nitrogen and oxygen atoms in total. The van der Waals surface area contributed by atoms with Crippen molar-refractivity contribution in [2.45, 2.75) is 13.3 Å². The first-order valence-corrected chi connectivity index (χ1v) is 5.81. The van der Waals surface area contributed by atoms with E-state index in [1.807, 2.05) is 12.1 Å². The first-order chi connectivity index (χ1) is 7.88. The molecule has 0 spiro atoms. The first-order valence-electron chi connectivity index (χ1n) is 5.00. The third kappa shape index (κ3) is 1.38. The highest BCUT2D eigenvalue weighted by atomic mass is 32.1. The lowest BCUT2D eigenvalue weighted by molar-refractivity contribution is 0.907. The van der Waals surface area contributed by atoms with Crippen LogP contribution in [0.5, 0.6) is 0 Å². The van der Waals surface area contributed by atoms with Crippen molar-refractivity contribution in [1.29, 1.82) is 0 Å². The highest BCUT2D eigenvalue weighted by molar-refractivity contribution is 7.16. The second-order valence-electron chi connectivity index (χ2n) is 3.30. The summed E-state index contributed by atoms with van der Waals surface area (Å²) < 4.78 is 1.79. The Labute approximate surface area is 95.8 Å². The molecule has 0 radical (unpaired) electrons. The van der Waals surface area contributed by atoms with Crippen molar-refractivity contribution in [2.24, 2.45) is 0 Å². The summed E-state index contributed by atoms with van der Waals surface area (Å²) in [4.78, 5) is 4.82. The van der Waals surface area contributed by atoms with E-state index in [-0.39, 0.29) is 0 Å². The quantitative estimate of drug-likeness (QED) is 0.675. The van der Waals surface area contributed by atoms with Crippen molar-refractivity contribution in [2.75, 3.05) is 0 Å². The minimum Gasteiger partial charge on any atom is -0.265 e. The molecular weight excluding hydrogens is 222 g/mol. The van der Waals surface area contributed by atoms with Crippen molar-refractivity contribution in [3.05, 3.63) is 29.5 Å². The van der Waals surface area contributed by atoms with Gasteiger partial charge in [0.1, 0.15) is 5.01 Å². The Morgan fingerprint density at radius 2 is 2.06 bits per heavy atom. The summed E-state index contributed by atoms with van der Waals surface area (Å²) in [5, 5.41) is 13.8. The molecule has 3 aromatic heterocycles. The van der Waals surface area contributed by atoms with E-state index in [9.17, 15) is 0 Å². The van der Waals surface area contributed by atoms with Crippen LogP contribution in [0.3, 0.4) is 0 Å². The van der Waals surface area contributed by atoms with E-state index in [0.717, 1.165) is 27.8 Å². The Morgan fingerprint density at radius 3 is 2.81 bits per heavy atom. The summed E-state index contributed by atoms with van der Waals surface area (Å²) >= 11 is 1.58. The topological polar surface area (TPSA) is 56.0 Å². The molecule has 0 unspecified atom stereocenters. The average molecular weight is 231 g/mol. The van der Waals surface area contributed by atoms with Crippen LogP contribution in [0.2, 0.25) is 0 Å². The van der Waals surface area contributed by atoms with E-state index in [1.54, 1.807) is 28.2 Å². The molecule has 0 fully saturated rings. The van der Waals surface area contributed by atoms with Gasteiger partial charge in [-0.1, -0.05) is 18.3 Å². The van der Waals surface area contributed by atoms with Gasteiger partial charge in [-0.3, -0.25) is 4.98 Å². The van der Waals surface area contributed by atoms with Crippen LogP contribution in [-0.2, 0) is 6.42 Å². The van der Waals surface area contributed by atoms with Crippen molar-refractivity contribution < 1.29 is 0 Å². The van der Waals surface area contributed by atoms with Crippen LogP contribution < -0.4 is 0 Å². The largest absolute Gasteiger partial charge is 0.265 e. The first kappa shape index (κ1) is 9.41. The molecule has 0 bridgehead atoms. The number of rotatable bonds is 2. The third-order valence-electron chi connectivity index (χ3n) is 2.27. The van der Waals surface area contributed by atoms with Crippen LogP contribution in [0, 0.1) is 0 Å². The van der Waals surface area contributed by atoms with Gasteiger partial charge in [0, 0.05) is 18.0 Å². The predicted molar refractivity (Wildman–Crippen MR) is 61.3 cm³/mol. The lowest BCUT2D eigenvalue weighted by Crippen LogP contribution is -1.91. The maximum atomic E-state index is 4.46. The summed E-state index contributed by atoms with van der Waals surface area (Å²) in [5.41, 5.74) is 0.982. The van der Waals surface area contributed by atoms with Crippen molar-refractivity contribution in [1.82, 2.24) is 24.8 Å². The number of hydrogen-bond acceptors (Lipinski definition) is 5. The molecule has 0 amide bonds. The van der Waals surface area contributed by atoms with Crippen molar-refractivity contribution in [3.63, 3.8) is 0 Å². The number of aromatic nitrogens is 5. The van der Waals surface area contributed by atoms with Crippen LogP contribution in [-0.4, -0.2) is 24.8 Å². The summed E-state index contributed by atoms with van der Waals surface area (Å²) in [6.07, 6.45) is 4.40. The molecule has 0 aliphatic rings. The maximum Gasteiger partial charge on any atom is 0.234 e. The van der Waals surface area contributed by atoms with Crippen LogP contribution in [0.1, 0.15) is 11.9 Å². The normalized spacial score (nSPS) is 11.1. The number of hydrogen-bond donors (Lipinski definition) is 0. The number of aryl methyl sites for hydroxylation is 1. The second-order valence-corrected chi connectivity index (χ2v) is 4.34. The van der Waals surface area contributed by atoms with Crippen LogP contribution >= 0.6 is 11.3 Å². The summed E-state index contributed by atoms with van der Waals surface area (Å²) in [5.74, 6) is 0.772. The number of fused-ring (bicyclic) bond motifs is 1. The Balaban J connectivity index is 2.20. The fourth-order valence-electron chi connectivity index (χ4n) is 1.48. The molecule has 6 heteroatoms. The maximum absolute atomic E-state index is 4.46. The summed E-state index contributed by atoms with van der Waals surface area (Å²) in [7, 11) is 0. The van der Waals surface area contributed by atoms with Gasteiger partial charge in [0.2, 0.25) is 4.96 Å². The van der Waals surface area contributed by atoms with Gasteiger partial charge >= 0.3 is 0 Å². The third-order valence-corrected chi connectivity index (χ3v) is 3.32. The highest BCUT2D eigenvalue weighted by Gasteiger charge is 2.11. The smallest absolute Gasteiger partial charge is 0.234 e. The molecule has 0 aliphatic heterocycles. The molecule has 0 aromatic carbocycles. The molecule has 0 atom stereocenters. The molecule has 0 aliphatic carbocycles. The van der Waals surface area contributed by atoms with Gasteiger partial charge in [-0.05, 0) is 18.6 Å². The van der Waals surface area contributed by atoms with Gasteiger partial charge in [0.15, 0.2) is 5.82 Å². The zero-order valence-corrected chi connectivity index (χ0v) is 9.48. The standard InChI is InChI=1S/C10H9N5S/c1-2-8-14-15-9(12-13-10(15)16-8)7-3-5-11-6-4-7/h3-6H,2H2,1H3. The van der Waals surface area contributed by atoms with Gasteiger partial charge in [0.25, 0.3) is 0 Å². The molecule has 80 valence electrons. The van der Waals surface area contributed by atoms with Gasteiger partial charge in [-0.2, -0.15) is 9.61 Å². The fraction of sp³-hybridized carbons (Fsp3) is 0.200. The Bertz CT molecular complexity index is 612. The molecule has 0 saturated carbocycles. The molecule has 3 aromatic rings. The molecule has 0 N–H and O–H groups in total. The minimum absolute atomic E-state index is 0.772. The van der Waals surface area contributed by atoms with E-state index in [2.05, 4.69) is 27.2 Å². The second kappa shape index (κ2) is 3.64. The van der Waals surface area contributed by atoms with Crippen LogP contribution in [0.15, 0.2) is 24.5 Å². The zero-order valence-electron chi connectivity index (χ0n) is 8.66. The van der Waals surface area contributed by atoms with E-state index in [1.165, 1.54) is 0 Å². The SMILES string of the molecule is CCc1nn2c(-c3ccncc3)nnc2s1. The molecular formula is C10H9N5S. The minimum atomic E-state index is 0.772. The van der Waals surface area contributed by atoms with Crippen molar-refractivity contribution in [3.8, 4) is 11.4 Å². The molecule has 3 rings (SSSR count). The summed E-state index contributed by atoms with van der Waals surface area (Å²) in [6, 6.07) is 3.81. The lowest BCUT2D eigenvalue weighted by atomic mass is 10.2. The van der Waals surface area contributed by atoms with Gasteiger partial charge in [0.05, 0.1) is 0 Å². The number of pyridine rings is 1. The highest BCUT2D eigenvalue weighted by Crippen LogP contribution is 2.20. The van der Waals surface area contributed by atoms with E-state index in [0.29, 0.717) is 0 Å². The Morgan fingerprint density at radius 1 is 1.25 bits per heavy atom. The van der Waals surface area contributed by atoms with Gasteiger partial charge < -0.3 is 0 Å². The molecule has 3 heterocycles. The monoisotopic (exact) mass is 231 g/mol. The predicted octanol–water partition coefficient (Wildman–Crippen LogP) is 1.81. The molecule has 16 heavy (non-hydrogen) atoms. The lowest BCUT2D eigenvalue weighted by Gasteiger charge is -1.94.